The van der Waals surface area contributed by atoms with Gasteiger partial charge in [0.2, 0.25) is 0 Å². The highest BCUT2D eigenvalue weighted by atomic mass is 16.4. The third-order valence-corrected chi connectivity index (χ3v) is 2.35. The minimum atomic E-state index is -1.34. The number of nitrogens with one attached hydrogen (secondary N) is 1. The van der Waals surface area contributed by atoms with Crippen molar-refractivity contribution in [1.29, 1.82) is 0 Å². The third kappa shape index (κ3) is 1.98. The number of piperidine rings is 1. The molecule has 0 aromatic rings. The SMILES string of the molecule is OC[C@@H]1N[C@H](CO)[C@@H](O)[C@H](O)[C@H]1O. The Morgan fingerprint density at radius 2 is 1.15 bits per heavy atom. The summed E-state index contributed by atoms with van der Waals surface area (Å²) < 4.78 is 0. The molecular formula is C7H15NO5. The predicted molar refractivity (Wildman–Crippen MR) is 42.9 cm³/mol. The predicted octanol–water partition coefficient (Wildman–Crippen LogP) is -3.61. The van der Waals surface area contributed by atoms with E-state index in [-0.39, 0.29) is 13.2 Å². The summed E-state index contributed by atoms with van der Waals surface area (Å²) in [5.74, 6) is 0. The van der Waals surface area contributed by atoms with Gasteiger partial charge in [-0.2, -0.15) is 0 Å². The van der Waals surface area contributed by atoms with Crippen molar-refractivity contribution in [2.45, 2.75) is 30.4 Å². The second-order valence-corrected chi connectivity index (χ2v) is 3.22. The number of hydrogen-bond donors (Lipinski definition) is 6. The molecule has 0 spiro atoms. The van der Waals surface area contributed by atoms with Gasteiger partial charge in [0.15, 0.2) is 0 Å². The van der Waals surface area contributed by atoms with Gasteiger partial charge in [0.25, 0.3) is 0 Å². The Morgan fingerprint density at radius 3 is 1.46 bits per heavy atom. The van der Waals surface area contributed by atoms with Crippen molar-refractivity contribution in [2.75, 3.05) is 13.2 Å². The van der Waals surface area contributed by atoms with Crippen molar-refractivity contribution in [3.05, 3.63) is 0 Å². The molecule has 6 N–H and O–H groups in total. The first kappa shape index (κ1) is 10.8. The first-order valence-corrected chi connectivity index (χ1v) is 4.13. The van der Waals surface area contributed by atoms with Gasteiger partial charge in [0.05, 0.1) is 37.5 Å². The van der Waals surface area contributed by atoms with Crippen LogP contribution in [0.3, 0.4) is 0 Å². The van der Waals surface area contributed by atoms with Gasteiger partial charge in [-0.3, -0.25) is 0 Å². The number of aliphatic hydroxyl groups excluding tert-OH is 5. The van der Waals surface area contributed by atoms with E-state index in [4.69, 9.17) is 10.2 Å². The van der Waals surface area contributed by atoms with Crippen LogP contribution in [0, 0.1) is 0 Å². The summed E-state index contributed by atoms with van der Waals surface area (Å²) in [6, 6.07) is -1.42. The maximum atomic E-state index is 9.31. The first-order valence-electron chi connectivity index (χ1n) is 4.13. The molecule has 0 aromatic heterocycles. The van der Waals surface area contributed by atoms with Crippen LogP contribution in [0.2, 0.25) is 0 Å². The molecule has 1 aliphatic rings. The van der Waals surface area contributed by atoms with Gasteiger partial charge in [0, 0.05) is 0 Å². The van der Waals surface area contributed by atoms with E-state index in [1.807, 2.05) is 0 Å². The summed E-state index contributed by atoms with van der Waals surface area (Å²) in [6.07, 6.45) is -3.78. The van der Waals surface area contributed by atoms with Gasteiger partial charge < -0.3 is 30.8 Å². The highest BCUT2D eigenvalue weighted by Crippen LogP contribution is 2.14. The van der Waals surface area contributed by atoms with E-state index >= 15 is 0 Å². The van der Waals surface area contributed by atoms with E-state index in [1.165, 1.54) is 0 Å². The molecule has 6 nitrogen and oxygen atoms in total. The van der Waals surface area contributed by atoms with E-state index in [1.54, 1.807) is 0 Å². The highest BCUT2D eigenvalue weighted by Gasteiger charge is 2.41. The number of rotatable bonds is 2. The minimum absolute atomic E-state index is 0.360. The van der Waals surface area contributed by atoms with Crippen LogP contribution < -0.4 is 5.32 Å². The Bertz CT molecular complexity index is 147. The smallest absolute Gasteiger partial charge is 0.109 e. The third-order valence-electron chi connectivity index (χ3n) is 2.35. The first-order chi connectivity index (χ1) is 6.11. The second kappa shape index (κ2) is 4.32. The molecule has 0 aromatic carbocycles. The van der Waals surface area contributed by atoms with E-state index < -0.39 is 30.4 Å². The van der Waals surface area contributed by atoms with Gasteiger partial charge in [-0.15, -0.1) is 0 Å². The van der Waals surface area contributed by atoms with Crippen LogP contribution in [0.25, 0.3) is 0 Å². The van der Waals surface area contributed by atoms with E-state index in [0.29, 0.717) is 0 Å². The summed E-state index contributed by atoms with van der Waals surface area (Å²) in [5, 5.41) is 48.1. The molecule has 78 valence electrons. The minimum Gasteiger partial charge on any atom is -0.395 e. The van der Waals surface area contributed by atoms with E-state index in [2.05, 4.69) is 5.32 Å². The molecule has 1 saturated heterocycles. The summed E-state index contributed by atoms with van der Waals surface area (Å²) >= 11 is 0. The van der Waals surface area contributed by atoms with Crippen LogP contribution in [0.5, 0.6) is 0 Å². The molecule has 13 heavy (non-hydrogen) atoms. The van der Waals surface area contributed by atoms with Gasteiger partial charge in [0.1, 0.15) is 6.10 Å². The normalized spacial score (nSPS) is 46.4. The molecule has 1 heterocycles. The van der Waals surface area contributed by atoms with Crippen LogP contribution in [0.1, 0.15) is 0 Å². The van der Waals surface area contributed by atoms with Crippen LogP contribution in [0.4, 0.5) is 0 Å². The summed E-state index contributed by atoms with van der Waals surface area (Å²) in [7, 11) is 0. The zero-order chi connectivity index (χ0) is 10.0. The molecule has 1 rings (SSSR count). The van der Waals surface area contributed by atoms with Gasteiger partial charge in [-0.25, -0.2) is 0 Å². The molecule has 0 radical (unpaired) electrons. The molecule has 1 fully saturated rings. The zero-order valence-electron chi connectivity index (χ0n) is 7.04. The Kier molecular flexibility index (Phi) is 3.60. The van der Waals surface area contributed by atoms with Gasteiger partial charge in [-0.05, 0) is 0 Å². The maximum absolute atomic E-state index is 9.31. The zero-order valence-corrected chi connectivity index (χ0v) is 7.04. The standard InChI is InChI=1S/C7H15NO5/c9-1-3-5(11)7(13)6(12)4(2-10)8-3/h3-13H,1-2H2/t3-,4+,5-,6+,7+. The Labute approximate surface area is 75.4 Å². The topological polar surface area (TPSA) is 113 Å². The molecule has 0 aliphatic carbocycles. The average Bonchev–Trinajstić information content (AvgIpc) is 2.15. The highest BCUT2D eigenvalue weighted by molar-refractivity contribution is 4.97. The van der Waals surface area contributed by atoms with Crippen LogP contribution in [-0.4, -0.2) is 69.1 Å². The fraction of sp³-hybridized carbons (Fsp3) is 1.00. The Hall–Kier alpha value is -0.240. The monoisotopic (exact) mass is 193 g/mol. The maximum Gasteiger partial charge on any atom is 0.109 e. The molecule has 0 amide bonds. The molecule has 0 unspecified atom stereocenters. The van der Waals surface area contributed by atoms with Gasteiger partial charge >= 0.3 is 0 Å². The van der Waals surface area contributed by atoms with E-state index in [0.717, 1.165) is 0 Å². The lowest BCUT2D eigenvalue weighted by molar-refractivity contribution is -0.125. The van der Waals surface area contributed by atoms with E-state index in [9.17, 15) is 15.3 Å². The average molecular weight is 193 g/mol. The largest absolute Gasteiger partial charge is 0.395 e. The summed E-state index contributed by atoms with van der Waals surface area (Å²) in [4.78, 5) is 0. The molecule has 0 bridgehead atoms. The second-order valence-electron chi connectivity index (χ2n) is 3.22. The summed E-state index contributed by atoms with van der Waals surface area (Å²) in [6.45, 7) is -0.719. The Morgan fingerprint density at radius 1 is 0.769 bits per heavy atom. The lowest BCUT2D eigenvalue weighted by Crippen LogP contribution is -2.66. The van der Waals surface area contributed by atoms with Crippen molar-refractivity contribution in [3.63, 3.8) is 0 Å². The van der Waals surface area contributed by atoms with Crippen molar-refractivity contribution in [2.24, 2.45) is 0 Å². The van der Waals surface area contributed by atoms with Crippen LogP contribution in [0.15, 0.2) is 0 Å². The number of hydrogen-bond acceptors (Lipinski definition) is 6. The quantitative estimate of drug-likeness (QED) is 0.270. The molecule has 6 heteroatoms. The number of aliphatic hydroxyl groups is 5. The van der Waals surface area contributed by atoms with Crippen LogP contribution in [-0.2, 0) is 0 Å². The molecule has 5 atom stereocenters. The molecule has 1 aliphatic heterocycles. The fourth-order valence-electron chi connectivity index (χ4n) is 1.47. The van der Waals surface area contributed by atoms with Crippen molar-refractivity contribution >= 4 is 0 Å². The van der Waals surface area contributed by atoms with Crippen molar-refractivity contribution in [3.8, 4) is 0 Å². The lowest BCUT2D eigenvalue weighted by atomic mass is 9.91. The lowest BCUT2D eigenvalue weighted by Gasteiger charge is -2.40. The summed E-state index contributed by atoms with van der Waals surface area (Å²) in [5.41, 5.74) is 0. The molecular weight excluding hydrogens is 178 g/mol. The van der Waals surface area contributed by atoms with Crippen molar-refractivity contribution < 1.29 is 25.5 Å². The molecule has 0 saturated carbocycles. The van der Waals surface area contributed by atoms with Gasteiger partial charge in [-0.1, -0.05) is 0 Å². The van der Waals surface area contributed by atoms with Crippen LogP contribution >= 0.6 is 0 Å². The Balaban J connectivity index is 2.66. The fourth-order valence-corrected chi connectivity index (χ4v) is 1.47. The van der Waals surface area contributed by atoms with Crippen molar-refractivity contribution in [1.82, 2.24) is 5.32 Å².